The van der Waals surface area contributed by atoms with E-state index in [0.717, 1.165) is 12.1 Å². The van der Waals surface area contributed by atoms with Crippen molar-refractivity contribution < 1.29 is 31.5 Å². The van der Waals surface area contributed by atoms with Gasteiger partial charge in [-0.05, 0) is 55.7 Å². The molecule has 140 valence electrons. The molecule has 0 amide bonds. The second-order valence-corrected chi connectivity index (χ2v) is 7.52. The fourth-order valence-electron chi connectivity index (χ4n) is 2.55. The van der Waals surface area contributed by atoms with Crippen LogP contribution in [0.1, 0.15) is 32.6 Å². The monoisotopic (exact) mass is 387 g/mol. The van der Waals surface area contributed by atoms with Gasteiger partial charge in [0.1, 0.15) is 0 Å². The van der Waals surface area contributed by atoms with Gasteiger partial charge in [0, 0.05) is 5.69 Å². The number of aromatic carboxylic acids is 1. The lowest BCUT2D eigenvalue weighted by Gasteiger charge is -2.15. The predicted molar refractivity (Wildman–Crippen MR) is 89.9 cm³/mol. The number of aryl methyl sites for hydroxylation is 3. The van der Waals surface area contributed by atoms with Gasteiger partial charge in [0.25, 0.3) is 10.0 Å². The standard InChI is InChI=1S/C17H16F3NO4S/c1-9-4-5-12(7-14(9)17(18,19)20)21-26(24,25)15-8-13(16(22)23)10(2)6-11(15)3/h4-8,21H,1-3H3,(H,22,23). The van der Waals surface area contributed by atoms with E-state index in [2.05, 4.69) is 4.72 Å². The molecule has 26 heavy (non-hydrogen) atoms. The molecule has 5 nitrogen and oxygen atoms in total. The molecule has 0 aromatic heterocycles. The van der Waals surface area contributed by atoms with Gasteiger partial charge >= 0.3 is 12.1 Å². The number of benzene rings is 2. The summed E-state index contributed by atoms with van der Waals surface area (Å²) in [7, 11) is -4.27. The van der Waals surface area contributed by atoms with Gasteiger partial charge in [0.15, 0.2) is 0 Å². The van der Waals surface area contributed by atoms with Crippen molar-refractivity contribution in [1.29, 1.82) is 0 Å². The molecule has 0 aliphatic rings. The number of nitrogens with one attached hydrogen (secondary N) is 1. The molecule has 0 aliphatic heterocycles. The van der Waals surface area contributed by atoms with Crippen molar-refractivity contribution in [2.75, 3.05) is 4.72 Å². The first kappa shape index (κ1) is 19.8. The second kappa shape index (κ2) is 6.64. The summed E-state index contributed by atoms with van der Waals surface area (Å²) < 4.78 is 66.2. The molecule has 9 heteroatoms. The maximum absolute atomic E-state index is 13.0. The molecule has 0 unspecified atom stereocenters. The largest absolute Gasteiger partial charge is 0.478 e. The van der Waals surface area contributed by atoms with Crippen LogP contribution in [0.5, 0.6) is 0 Å². The Morgan fingerprint density at radius 1 is 1.00 bits per heavy atom. The van der Waals surface area contributed by atoms with Crippen molar-refractivity contribution in [2.24, 2.45) is 0 Å². The third-order valence-electron chi connectivity index (χ3n) is 3.84. The van der Waals surface area contributed by atoms with Crippen molar-refractivity contribution in [1.82, 2.24) is 0 Å². The van der Waals surface area contributed by atoms with Crippen LogP contribution in [0.3, 0.4) is 0 Å². The van der Waals surface area contributed by atoms with Crippen molar-refractivity contribution in [3.8, 4) is 0 Å². The molecule has 2 rings (SSSR count). The fraction of sp³-hybridized carbons (Fsp3) is 0.235. The molecule has 0 radical (unpaired) electrons. The molecular formula is C17H16F3NO4S. The summed E-state index contributed by atoms with van der Waals surface area (Å²) in [4.78, 5) is 10.9. The molecule has 0 atom stereocenters. The molecule has 2 aromatic carbocycles. The van der Waals surface area contributed by atoms with Gasteiger partial charge in [-0.3, -0.25) is 4.72 Å². The van der Waals surface area contributed by atoms with E-state index >= 15 is 0 Å². The number of halogens is 3. The van der Waals surface area contributed by atoms with Crippen LogP contribution in [0.2, 0.25) is 0 Å². The van der Waals surface area contributed by atoms with Crippen LogP contribution in [0.15, 0.2) is 35.2 Å². The van der Waals surface area contributed by atoms with Gasteiger partial charge in [-0.1, -0.05) is 12.1 Å². The molecule has 0 fully saturated rings. The summed E-state index contributed by atoms with van der Waals surface area (Å²) in [5.41, 5.74) is -0.799. The molecule has 2 aromatic rings. The Morgan fingerprint density at radius 2 is 1.62 bits per heavy atom. The Bertz CT molecular complexity index is 982. The highest BCUT2D eigenvalue weighted by molar-refractivity contribution is 7.92. The molecule has 0 spiro atoms. The van der Waals surface area contributed by atoms with Crippen LogP contribution in [0.4, 0.5) is 18.9 Å². The van der Waals surface area contributed by atoms with E-state index in [-0.39, 0.29) is 27.3 Å². The molecule has 0 saturated heterocycles. The van der Waals surface area contributed by atoms with Gasteiger partial charge in [-0.25, -0.2) is 13.2 Å². The van der Waals surface area contributed by atoms with Gasteiger partial charge < -0.3 is 5.11 Å². The molecule has 2 N–H and O–H groups in total. The van der Waals surface area contributed by atoms with E-state index in [9.17, 15) is 26.4 Å². The lowest BCUT2D eigenvalue weighted by Crippen LogP contribution is -2.17. The summed E-state index contributed by atoms with van der Waals surface area (Å²) in [5, 5.41) is 9.15. The lowest BCUT2D eigenvalue weighted by atomic mass is 10.1. The summed E-state index contributed by atoms with van der Waals surface area (Å²) in [6.45, 7) is 4.27. The Balaban J connectivity index is 2.51. The van der Waals surface area contributed by atoms with Crippen LogP contribution in [0.25, 0.3) is 0 Å². The highest BCUT2D eigenvalue weighted by atomic mass is 32.2. The van der Waals surface area contributed by atoms with E-state index in [1.165, 1.54) is 32.9 Å². The number of anilines is 1. The van der Waals surface area contributed by atoms with E-state index in [1.54, 1.807) is 0 Å². The van der Waals surface area contributed by atoms with Crippen molar-refractivity contribution >= 4 is 21.7 Å². The number of hydrogen-bond donors (Lipinski definition) is 2. The predicted octanol–water partition coefficient (Wildman–Crippen LogP) is 4.13. The summed E-state index contributed by atoms with van der Waals surface area (Å²) in [5.74, 6) is -1.30. The molecule has 0 bridgehead atoms. The third-order valence-corrected chi connectivity index (χ3v) is 5.36. The van der Waals surface area contributed by atoms with Crippen LogP contribution in [-0.2, 0) is 16.2 Å². The van der Waals surface area contributed by atoms with Crippen LogP contribution >= 0.6 is 0 Å². The smallest absolute Gasteiger partial charge is 0.416 e. The Kier molecular flexibility index (Phi) is 5.05. The van der Waals surface area contributed by atoms with E-state index in [1.807, 2.05) is 0 Å². The van der Waals surface area contributed by atoms with Crippen molar-refractivity contribution in [3.05, 3.63) is 58.1 Å². The Morgan fingerprint density at radius 3 is 2.15 bits per heavy atom. The topological polar surface area (TPSA) is 83.5 Å². The average Bonchev–Trinajstić information content (AvgIpc) is 2.47. The number of sulfonamides is 1. The van der Waals surface area contributed by atoms with E-state index in [0.29, 0.717) is 11.6 Å². The van der Waals surface area contributed by atoms with Gasteiger partial charge in [-0.15, -0.1) is 0 Å². The van der Waals surface area contributed by atoms with E-state index < -0.39 is 27.7 Å². The van der Waals surface area contributed by atoms with Gasteiger partial charge in [-0.2, -0.15) is 13.2 Å². The third kappa shape index (κ3) is 3.98. The number of carbonyl (C=O) groups is 1. The molecule has 0 saturated carbocycles. The number of carboxylic acids is 1. The summed E-state index contributed by atoms with van der Waals surface area (Å²) >= 11 is 0. The fourth-order valence-corrected chi connectivity index (χ4v) is 3.86. The first-order valence-electron chi connectivity index (χ1n) is 7.38. The average molecular weight is 387 g/mol. The minimum atomic E-state index is -4.62. The first-order chi connectivity index (χ1) is 11.8. The van der Waals surface area contributed by atoms with Crippen molar-refractivity contribution in [2.45, 2.75) is 31.8 Å². The zero-order chi connectivity index (χ0) is 19.9. The SMILES string of the molecule is Cc1cc(C)c(S(=O)(=O)Nc2ccc(C)c(C(F)(F)F)c2)cc1C(=O)O. The quantitative estimate of drug-likeness (QED) is 0.826. The van der Waals surface area contributed by atoms with Crippen LogP contribution in [0, 0.1) is 20.8 Å². The summed E-state index contributed by atoms with van der Waals surface area (Å²) in [6.07, 6.45) is -4.62. The normalized spacial score (nSPS) is 12.1. The van der Waals surface area contributed by atoms with Crippen molar-refractivity contribution in [3.63, 3.8) is 0 Å². The first-order valence-corrected chi connectivity index (χ1v) is 8.86. The molecular weight excluding hydrogens is 371 g/mol. The Labute approximate surface area is 148 Å². The van der Waals surface area contributed by atoms with Crippen LogP contribution < -0.4 is 4.72 Å². The molecule has 0 heterocycles. The number of rotatable bonds is 4. The van der Waals surface area contributed by atoms with Gasteiger partial charge in [0.2, 0.25) is 0 Å². The maximum atomic E-state index is 13.0. The maximum Gasteiger partial charge on any atom is 0.416 e. The van der Waals surface area contributed by atoms with Crippen LogP contribution in [-0.4, -0.2) is 19.5 Å². The lowest BCUT2D eigenvalue weighted by molar-refractivity contribution is -0.138. The Hall–Kier alpha value is -2.55. The minimum absolute atomic E-state index is 0.0415. The van der Waals surface area contributed by atoms with E-state index in [4.69, 9.17) is 5.11 Å². The number of alkyl halides is 3. The minimum Gasteiger partial charge on any atom is -0.478 e. The number of hydrogen-bond acceptors (Lipinski definition) is 3. The second-order valence-electron chi connectivity index (χ2n) is 5.87. The highest BCUT2D eigenvalue weighted by Crippen LogP contribution is 2.34. The highest BCUT2D eigenvalue weighted by Gasteiger charge is 2.33. The zero-order valence-electron chi connectivity index (χ0n) is 14.1. The number of carboxylic acid groups (broad SMARTS) is 1. The van der Waals surface area contributed by atoms with Gasteiger partial charge in [0.05, 0.1) is 16.0 Å². The summed E-state index contributed by atoms with van der Waals surface area (Å²) in [6, 6.07) is 5.46. The zero-order valence-corrected chi connectivity index (χ0v) is 14.9. The molecule has 0 aliphatic carbocycles.